The molecule has 1 saturated carbocycles. The number of carbonyl (C=O) groups excluding carboxylic acids is 3. The van der Waals surface area contributed by atoms with Crippen molar-refractivity contribution in [3.05, 3.63) is 85.0 Å². The molecule has 40 heavy (non-hydrogen) atoms. The highest BCUT2D eigenvalue weighted by Gasteiger charge is 2.68. The van der Waals surface area contributed by atoms with Gasteiger partial charge in [0.1, 0.15) is 11.5 Å². The van der Waals surface area contributed by atoms with E-state index in [-0.39, 0.29) is 35.1 Å². The number of benzene rings is 2. The second-order valence-corrected chi connectivity index (χ2v) is 12.4. The van der Waals surface area contributed by atoms with Crippen molar-refractivity contribution in [2.75, 3.05) is 13.1 Å². The van der Waals surface area contributed by atoms with E-state index in [0.29, 0.717) is 24.2 Å². The van der Waals surface area contributed by atoms with E-state index in [4.69, 9.17) is 0 Å². The number of likely N-dealkylation sites (tertiary alicyclic amines) is 1. The summed E-state index contributed by atoms with van der Waals surface area (Å²) in [5, 5.41) is 7.82. The molecule has 8 heteroatoms. The van der Waals surface area contributed by atoms with Crippen LogP contribution in [0.1, 0.15) is 47.9 Å². The van der Waals surface area contributed by atoms with Crippen molar-refractivity contribution >= 4 is 39.5 Å². The normalized spacial score (nSPS) is 22.6. The van der Waals surface area contributed by atoms with Gasteiger partial charge >= 0.3 is 0 Å². The number of hydrogen-bond acceptors (Lipinski definition) is 4. The van der Waals surface area contributed by atoms with Crippen LogP contribution < -0.4 is 10.6 Å². The van der Waals surface area contributed by atoms with E-state index in [1.54, 1.807) is 6.07 Å². The van der Waals surface area contributed by atoms with Crippen molar-refractivity contribution in [1.29, 1.82) is 0 Å². The maximum atomic E-state index is 13.6. The van der Waals surface area contributed by atoms with Crippen molar-refractivity contribution in [2.45, 2.75) is 39.3 Å². The molecule has 2 aliphatic rings. The summed E-state index contributed by atoms with van der Waals surface area (Å²) in [4.78, 5) is 49.7. The minimum Gasteiger partial charge on any atom is -0.361 e. The van der Waals surface area contributed by atoms with Gasteiger partial charge in [-0.3, -0.25) is 19.4 Å². The molecule has 0 spiro atoms. The van der Waals surface area contributed by atoms with E-state index < -0.39 is 11.5 Å². The van der Waals surface area contributed by atoms with Crippen LogP contribution in [0.2, 0.25) is 0 Å². The Labute approximate surface area is 233 Å². The number of piperidine rings is 1. The summed E-state index contributed by atoms with van der Waals surface area (Å²) in [5.74, 6) is -0.454. The molecule has 2 aromatic carbocycles. The molecular formula is C32H34N5O3+. The minimum atomic E-state index is -0.781. The molecule has 1 aliphatic heterocycles. The largest absolute Gasteiger partial charge is 0.361 e. The summed E-state index contributed by atoms with van der Waals surface area (Å²) in [6.45, 7) is 11.0. The van der Waals surface area contributed by atoms with Crippen molar-refractivity contribution in [2.24, 2.45) is 16.7 Å². The number of pyridine rings is 1. The van der Waals surface area contributed by atoms with Crippen LogP contribution in [0.5, 0.6) is 0 Å². The molecule has 1 saturated heterocycles. The third kappa shape index (κ3) is 4.68. The number of carbonyl (C=O) groups is 3. The highest BCUT2D eigenvalue weighted by molar-refractivity contribution is 6.00. The van der Waals surface area contributed by atoms with E-state index in [1.165, 1.54) is 6.20 Å². The zero-order chi connectivity index (χ0) is 28.2. The van der Waals surface area contributed by atoms with Crippen LogP contribution in [0.25, 0.3) is 21.8 Å². The van der Waals surface area contributed by atoms with Gasteiger partial charge in [-0.2, -0.15) is 0 Å². The fraction of sp³-hybridized carbons (Fsp3) is 0.344. The topological polar surface area (TPSA) is 107 Å². The van der Waals surface area contributed by atoms with E-state index >= 15 is 0 Å². The quantitative estimate of drug-likeness (QED) is 0.319. The summed E-state index contributed by atoms with van der Waals surface area (Å²) in [5.41, 5.74) is 2.09. The smallest absolute Gasteiger partial charge is 0.254 e. The first kappa shape index (κ1) is 25.9. The van der Waals surface area contributed by atoms with Crippen LogP contribution in [0.3, 0.4) is 0 Å². The van der Waals surface area contributed by atoms with Crippen molar-refractivity contribution in [3.63, 3.8) is 0 Å². The molecule has 3 heterocycles. The fourth-order valence-electron chi connectivity index (χ4n) is 6.00. The molecule has 3 N–H and O–H groups in total. The zero-order valence-electron chi connectivity index (χ0n) is 23.0. The lowest BCUT2D eigenvalue weighted by Gasteiger charge is -2.32. The second kappa shape index (κ2) is 9.40. The van der Waals surface area contributed by atoms with Crippen LogP contribution in [0.15, 0.2) is 67.0 Å². The Bertz CT molecular complexity index is 1640. The average molecular weight is 537 g/mol. The van der Waals surface area contributed by atoms with Gasteiger partial charge in [0.05, 0.1) is 30.6 Å². The van der Waals surface area contributed by atoms with Gasteiger partial charge in [-0.05, 0) is 41.8 Å². The first-order valence-corrected chi connectivity index (χ1v) is 13.7. The van der Waals surface area contributed by atoms with Gasteiger partial charge in [-0.25, -0.2) is 0 Å². The number of H-pyrrole nitrogens is 1. The van der Waals surface area contributed by atoms with E-state index in [9.17, 15) is 14.4 Å². The second-order valence-electron chi connectivity index (χ2n) is 12.4. The molecule has 2 fully saturated rings. The highest BCUT2D eigenvalue weighted by atomic mass is 16.2. The standard InChI is InChI=1S/C32H33N5O3/c1-31(2,3)27(36-28(38)22-14-19-7-5-6-8-24(19)34-16-22)29(39)35-17-26-23-15-32(23,4)18-37(26)30(40)21-9-10-25-20(13-21)11-12-33-25/h5-14,16,23,26-27H,4,15,17-18H2,1-3H3,(H2-,33,35,36,38,39,40)/p+1. The molecule has 2 aromatic heterocycles. The molecule has 0 bridgehead atoms. The van der Waals surface area contributed by atoms with Gasteiger partial charge in [0.15, 0.2) is 0 Å². The van der Waals surface area contributed by atoms with Gasteiger partial charge in [-0.15, -0.1) is 0 Å². The number of para-hydroxylation sites is 1. The molecule has 4 atom stereocenters. The summed E-state index contributed by atoms with van der Waals surface area (Å²) in [6, 6.07) is 16.0. The Kier molecular flexibility index (Phi) is 6.09. The molecule has 1 aliphatic carbocycles. The molecule has 6 rings (SSSR count). The number of hydrogen-bond donors (Lipinski definition) is 3. The summed E-state index contributed by atoms with van der Waals surface area (Å²) >= 11 is 0. The Balaban J connectivity index is 1.16. The van der Waals surface area contributed by atoms with Crippen molar-refractivity contribution in [3.8, 4) is 0 Å². The lowest BCUT2D eigenvalue weighted by atomic mass is 9.85. The molecule has 0 radical (unpaired) electrons. The molecule has 3 amide bonds. The maximum absolute atomic E-state index is 13.6. The summed E-state index contributed by atoms with van der Waals surface area (Å²) in [6.07, 6.45) is 4.32. The Morgan fingerprint density at radius 3 is 2.67 bits per heavy atom. The highest BCUT2D eigenvalue weighted by Crippen LogP contribution is 2.60. The SMILES string of the molecule is [CH2+]C12CC1C(CNC(=O)C(NC(=O)c1cnc3ccccc3c1)C(C)(C)C)N(C(=O)c1ccc3[nH]ccc3c1)C2. The van der Waals surface area contributed by atoms with Crippen LogP contribution in [0, 0.1) is 23.7 Å². The van der Waals surface area contributed by atoms with Gasteiger partial charge in [0.2, 0.25) is 5.91 Å². The van der Waals surface area contributed by atoms with Gasteiger partial charge in [-0.1, -0.05) is 39.0 Å². The first-order chi connectivity index (χ1) is 19.0. The molecule has 8 nitrogen and oxygen atoms in total. The number of nitrogens with one attached hydrogen (secondary N) is 3. The van der Waals surface area contributed by atoms with E-state index in [0.717, 1.165) is 28.2 Å². The zero-order valence-corrected chi connectivity index (χ0v) is 23.0. The van der Waals surface area contributed by atoms with E-state index in [1.807, 2.05) is 80.4 Å². The van der Waals surface area contributed by atoms with Gasteiger partial charge < -0.3 is 20.5 Å². The first-order valence-electron chi connectivity index (χ1n) is 13.7. The van der Waals surface area contributed by atoms with Crippen LogP contribution in [0.4, 0.5) is 0 Å². The molecule has 204 valence electrons. The summed E-state index contributed by atoms with van der Waals surface area (Å²) < 4.78 is 0. The number of aromatic amines is 1. The molecule has 4 unspecified atom stereocenters. The van der Waals surface area contributed by atoms with Crippen LogP contribution >= 0.6 is 0 Å². The number of rotatable bonds is 6. The van der Waals surface area contributed by atoms with Crippen molar-refractivity contribution in [1.82, 2.24) is 25.5 Å². The lowest BCUT2D eigenvalue weighted by Crippen LogP contribution is -2.55. The number of aromatic nitrogens is 2. The Morgan fingerprint density at radius 1 is 1.10 bits per heavy atom. The predicted octanol–water partition coefficient (Wildman–Crippen LogP) is 4.34. The van der Waals surface area contributed by atoms with Crippen LogP contribution in [-0.4, -0.2) is 57.8 Å². The lowest BCUT2D eigenvalue weighted by molar-refractivity contribution is -0.125. The predicted molar refractivity (Wildman–Crippen MR) is 154 cm³/mol. The van der Waals surface area contributed by atoms with Crippen LogP contribution in [-0.2, 0) is 4.79 Å². The minimum absolute atomic E-state index is 0.0537. The maximum Gasteiger partial charge on any atom is 0.254 e. The fourth-order valence-corrected chi connectivity index (χ4v) is 6.00. The Hall–Kier alpha value is -4.33. The number of amides is 3. The third-order valence-electron chi connectivity index (χ3n) is 8.41. The van der Waals surface area contributed by atoms with Gasteiger partial charge in [0.25, 0.3) is 11.8 Å². The van der Waals surface area contributed by atoms with Crippen molar-refractivity contribution < 1.29 is 14.4 Å². The summed E-state index contributed by atoms with van der Waals surface area (Å²) in [7, 11) is 0. The van der Waals surface area contributed by atoms with E-state index in [2.05, 4.69) is 27.5 Å². The average Bonchev–Trinajstić information content (AvgIpc) is 3.25. The molecular weight excluding hydrogens is 502 g/mol. The third-order valence-corrected chi connectivity index (χ3v) is 8.41. The number of nitrogens with zero attached hydrogens (tertiary/aromatic N) is 2. The van der Waals surface area contributed by atoms with Gasteiger partial charge in [0, 0.05) is 53.1 Å². The Morgan fingerprint density at radius 2 is 1.88 bits per heavy atom. The molecule has 4 aromatic rings. The monoisotopic (exact) mass is 536 g/mol. The number of fused-ring (bicyclic) bond motifs is 3.